The smallest absolute Gasteiger partial charge is 0.144 e. The van der Waals surface area contributed by atoms with Crippen LogP contribution in [-0.2, 0) is 0 Å². The van der Waals surface area contributed by atoms with Crippen LogP contribution in [0.15, 0.2) is 21.4 Å². The summed E-state index contributed by atoms with van der Waals surface area (Å²) in [4.78, 5) is 0. The highest BCUT2D eigenvalue weighted by Gasteiger charge is 2.13. The van der Waals surface area contributed by atoms with Gasteiger partial charge in [-0.1, -0.05) is 6.08 Å². The molecule has 1 atom stereocenters. The van der Waals surface area contributed by atoms with Gasteiger partial charge in [0.15, 0.2) is 0 Å². The van der Waals surface area contributed by atoms with Gasteiger partial charge in [0.2, 0.25) is 0 Å². The highest BCUT2D eigenvalue weighted by Crippen LogP contribution is 2.22. The Hall–Kier alpha value is -0.0600. The SMILES string of the molecule is NC1=CC=C(I)C[C@@H]1F. The normalized spacial score (nSPS) is 27.1. The molecule has 0 radical (unpaired) electrons. The Labute approximate surface area is 66.9 Å². The Bertz CT molecular complexity index is 174. The molecule has 0 unspecified atom stereocenters. The van der Waals surface area contributed by atoms with Crippen molar-refractivity contribution < 1.29 is 4.39 Å². The van der Waals surface area contributed by atoms with Crippen molar-refractivity contribution in [1.82, 2.24) is 0 Å². The fourth-order valence-electron chi connectivity index (χ4n) is 0.648. The molecule has 3 heteroatoms. The molecule has 0 spiro atoms. The van der Waals surface area contributed by atoms with Gasteiger partial charge in [0.05, 0.1) is 0 Å². The largest absolute Gasteiger partial charge is 0.400 e. The molecule has 50 valence electrons. The van der Waals surface area contributed by atoms with Gasteiger partial charge >= 0.3 is 0 Å². The van der Waals surface area contributed by atoms with Gasteiger partial charge in [-0.15, -0.1) is 0 Å². The molecule has 0 amide bonds. The summed E-state index contributed by atoms with van der Waals surface area (Å²) >= 11 is 2.10. The zero-order valence-electron chi connectivity index (χ0n) is 4.77. The van der Waals surface area contributed by atoms with Crippen LogP contribution in [0.2, 0.25) is 0 Å². The molecule has 1 aliphatic carbocycles. The van der Waals surface area contributed by atoms with E-state index in [9.17, 15) is 4.39 Å². The molecule has 9 heavy (non-hydrogen) atoms. The maximum absolute atomic E-state index is 12.6. The summed E-state index contributed by atoms with van der Waals surface area (Å²) in [6.07, 6.45) is 2.95. The van der Waals surface area contributed by atoms with Crippen molar-refractivity contribution in [3.8, 4) is 0 Å². The molecule has 0 fully saturated rings. The molecule has 0 aromatic heterocycles. The quantitative estimate of drug-likeness (QED) is 0.642. The molecule has 0 aromatic carbocycles. The lowest BCUT2D eigenvalue weighted by atomic mass is 10.1. The lowest BCUT2D eigenvalue weighted by molar-refractivity contribution is 0.379. The third-order valence-corrected chi connectivity index (χ3v) is 1.99. The Morgan fingerprint density at radius 1 is 1.67 bits per heavy atom. The first kappa shape index (κ1) is 7.05. The fraction of sp³-hybridized carbons (Fsp3) is 0.333. The van der Waals surface area contributed by atoms with Crippen molar-refractivity contribution in [1.29, 1.82) is 0 Å². The molecule has 0 bridgehead atoms. The van der Waals surface area contributed by atoms with E-state index in [1.54, 1.807) is 6.08 Å². The summed E-state index contributed by atoms with van der Waals surface area (Å²) < 4.78 is 13.6. The standard InChI is InChI=1S/C6H7FIN/c7-5-3-4(8)1-2-6(5)9/h1-2,5H,3,9H2/t5-/m0/s1. The number of allylic oxidation sites excluding steroid dienone is 4. The molecule has 2 N–H and O–H groups in total. The van der Waals surface area contributed by atoms with Crippen LogP contribution in [0.5, 0.6) is 0 Å². The van der Waals surface area contributed by atoms with Gasteiger partial charge in [-0.2, -0.15) is 0 Å². The maximum atomic E-state index is 12.6. The van der Waals surface area contributed by atoms with Crippen molar-refractivity contribution in [2.45, 2.75) is 12.6 Å². The van der Waals surface area contributed by atoms with Gasteiger partial charge in [-0.05, 0) is 32.2 Å². The molecule has 0 saturated carbocycles. The second-order valence-electron chi connectivity index (χ2n) is 1.95. The highest BCUT2D eigenvalue weighted by molar-refractivity contribution is 14.1. The lowest BCUT2D eigenvalue weighted by Gasteiger charge is -2.10. The van der Waals surface area contributed by atoms with E-state index in [1.165, 1.54) is 0 Å². The minimum absolute atomic E-state index is 0.343. The van der Waals surface area contributed by atoms with Crippen molar-refractivity contribution in [3.63, 3.8) is 0 Å². The first-order valence-electron chi connectivity index (χ1n) is 2.66. The maximum Gasteiger partial charge on any atom is 0.144 e. The molecule has 0 aromatic rings. The molecule has 0 saturated heterocycles. The first-order chi connectivity index (χ1) is 4.20. The van der Waals surface area contributed by atoms with Crippen LogP contribution >= 0.6 is 22.6 Å². The second kappa shape index (κ2) is 2.68. The number of nitrogens with two attached hydrogens (primary N) is 1. The number of alkyl halides is 1. The molecule has 0 aliphatic heterocycles. The van der Waals surface area contributed by atoms with Crippen LogP contribution in [-0.4, -0.2) is 6.17 Å². The molecular weight excluding hydrogens is 232 g/mol. The van der Waals surface area contributed by atoms with Gasteiger partial charge in [0.25, 0.3) is 0 Å². The molecule has 1 rings (SSSR count). The summed E-state index contributed by atoms with van der Waals surface area (Å²) in [6.45, 7) is 0. The number of hydrogen-bond donors (Lipinski definition) is 1. The van der Waals surface area contributed by atoms with Gasteiger partial charge in [0, 0.05) is 12.1 Å². The van der Waals surface area contributed by atoms with Crippen molar-refractivity contribution >= 4 is 22.6 Å². The van der Waals surface area contributed by atoms with Gasteiger partial charge < -0.3 is 5.73 Å². The van der Waals surface area contributed by atoms with Crippen LogP contribution in [0.3, 0.4) is 0 Å². The van der Waals surface area contributed by atoms with E-state index in [1.807, 2.05) is 6.08 Å². The van der Waals surface area contributed by atoms with E-state index in [-0.39, 0.29) is 0 Å². The predicted molar refractivity (Wildman–Crippen MR) is 43.9 cm³/mol. The fourth-order valence-corrected chi connectivity index (χ4v) is 1.21. The summed E-state index contributed by atoms with van der Waals surface area (Å²) in [5.74, 6) is 0. The monoisotopic (exact) mass is 239 g/mol. The molecule has 0 heterocycles. The Balaban J connectivity index is 2.74. The van der Waals surface area contributed by atoms with Crippen molar-refractivity contribution in [3.05, 3.63) is 21.4 Å². The lowest BCUT2D eigenvalue weighted by Crippen LogP contribution is -2.14. The minimum atomic E-state index is -0.957. The summed E-state index contributed by atoms with van der Waals surface area (Å²) in [7, 11) is 0. The van der Waals surface area contributed by atoms with Crippen LogP contribution in [0, 0.1) is 0 Å². The third-order valence-electron chi connectivity index (χ3n) is 1.19. The topological polar surface area (TPSA) is 26.0 Å². The van der Waals surface area contributed by atoms with Crippen LogP contribution in [0.4, 0.5) is 4.39 Å². The van der Waals surface area contributed by atoms with Crippen LogP contribution in [0.25, 0.3) is 0 Å². The number of rotatable bonds is 0. The van der Waals surface area contributed by atoms with E-state index >= 15 is 0 Å². The summed E-state index contributed by atoms with van der Waals surface area (Å²) in [6, 6.07) is 0. The molecular formula is C6H7FIN. The number of hydrogen-bond acceptors (Lipinski definition) is 1. The number of halogens is 2. The summed E-state index contributed by atoms with van der Waals surface area (Å²) in [5.41, 5.74) is 5.62. The van der Waals surface area contributed by atoms with E-state index in [4.69, 9.17) is 5.73 Å². The van der Waals surface area contributed by atoms with E-state index in [0.29, 0.717) is 12.1 Å². The van der Waals surface area contributed by atoms with E-state index in [0.717, 1.165) is 3.58 Å². The van der Waals surface area contributed by atoms with Gasteiger partial charge in [0.1, 0.15) is 6.17 Å². The molecule has 1 nitrogen and oxygen atoms in total. The minimum Gasteiger partial charge on any atom is -0.400 e. The average Bonchev–Trinajstić information content (AvgIpc) is 1.80. The average molecular weight is 239 g/mol. The van der Waals surface area contributed by atoms with Crippen LogP contribution < -0.4 is 5.73 Å². The highest BCUT2D eigenvalue weighted by atomic mass is 127. The Morgan fingerprint density at radius 3 is 2.78 bits per heavy atom. The van der Waals surface area contributed by atoms with E-state index in [2.05, 4.69) is 22.6 Å². The summed E-state index contributed by atoms with van der Waals surface area (Å²) in [5, 5.41) is 0. The Morgan fingerprint density at radius 2 is 2.33 bits per heavy atom. The first-order valence-corrected chi connectivity index (χ1v) is 3.74. The zero-order valence-corrected chi connectivity index (χ0v) is 6.93. The van der Waals surface area contributed by atoms with E-state index < -0.39 is 6.17 Å². The van der Waals surface area contributed by atoms with Gasteiger partial charge in [-0.25, -0.2) is 4.39 Å². The van der Waals surface area contributed by atoms with Crippen LogP contribution in [0.1, 0.15) is 6.42 Å². The van der Waals surface area contributed by atoms with Crippen molar-refractivity contribution in [2.75, 3.05) is 0 Å². The predicted octanol–water partition coefficient (Wildman–Crippen LogP) is 1.89. The van der Waals surface area contributed by atoms with Crippen molar-refractivity contribution in [2.24, 2.45) is 5.73 Å². The zero-order chi connectivity index (χ0) is 6.85. The molecule has 1 aliphatic rings. The second-order valence-corrected chi connectivity index (χ2v) is 3.34. The third kappa shape index (κ3) is 1.67. The van der Waals surface area contributed by atoms with Gasteiger partial charge in [-0.3, -0.25) is 0 Å². The Kier molecular flexibility index (Phi) is 2.10.